The molecule has 0 radical (unpaired) electrons. The molecule has 4 heteroatoms. The zero-order valence-corrected chi connectivity index (χ0v) is 15.9. The summed E-state index contributed by atoms with van der Waals surface area (Å²) in [6, 6.07) is 0. The van der Waals surface area contributed by atoms with Crippen molar-refractivity contribution < 1.29 is 9.22 Å². The van der Waals surface area contributed by atoms with Gasteiger partial charge in [0.25, 0.3) is 0 Å². The van der Waals surface area contributed by atoms with Crippen LogP contribution in [0.3, 0.4) is 0 Å². The van der Waals surface area contributed by atoms with Crippen molar-refractivity contribution in [2.45, 2.75) is 77.5 Å². The van der Waals surface area contributed by atoms with Crippen LogP contribution < -0.4 is 0 Å². The van der Waals surface area contributed by atoms with Crippen LogP contribution in [0.25, 0.3) is 0 Å². The largest absolute Gasteiger partial charge is 0.413 e. The van der Waals surface area contributed by atoms with Crippen LogP contribution in [0.5, 0.6) is 0 Å². The van der Waals surface area contributed by atoms with Crippen LogP contribution in [-0.2, 0) is 9.22 Å². The van der Waals surface area contributed by atoms with E-state index in [-0.39, 0.29) is 11.1 Å². The van der Waals surface area contributed by atoms with E-state index < -0.39 is 16.4 Å². The van der Waals surface area contributed by atoms with E-state index in [1.54, 1.807) is 0 Å². The van der Waals surface area contributed by atoms with Crippen LogP contribution in [0, 0.1) is 11.5 Å². The first-order valence-electron chi connectivity index (χ1n) is 7.00. The maximum Gasteiger partial charge on any atom is 0.192 e. The zero-order valence-electron chi connectivity index (χ0n) is 13.9. The maximum absolute atomic E-state index is 10.8. The Labute approximate surface area is 121 Å². The van der Waals surface area contributed by atoms with Gasteiger partial charge in [-0.05, 0) is 18.1 Å². The monoisotopic (exact) mass is 298 g/mol. The van der Waals surface area contributed by atoms with Gasteiger partial charge in [0.2, 0.25) is 0 Å². The van der Waals surface area contributed by atoms with Gasteiger partial charge in [0.15, 0.2) is 8.32 Å². The van der Waals surface area contributed by atoms with Crippen molar-refractivity contribution in [2.75, 3.05) is 0 Å². The summed E-state index contributed by atoms with van der Waals surface area (Å²) in [5, 5.41) is 0.167. The first-order chi connectivity index (χ1) is 8.39. The first kappa shape index (κ1) is 18.6. The summed E-state index contributed by atoms with van der Waals surface area (Å²) < 4.78 is 6.28. The molecule has 0 aliphatic rings. The van der Waals surface area contributed by atoms with Crippen molar-refractivity contribution in [3.63, 3.8) is 0 Å². The minimum Gasteiger partial charge on any atom is -0.413 e. The molecule has 0 aliphatic carbocycles. The lowest BCUT2D eigenvalue weighted by Gasteiger charge is -2.38. The van der Waals surface area contributed by atoms with Crippen LogP contribution in [0.15, 0.2) is 0 Å². The first-order valence-corrected chi connectivity index (χ1v) is 13.4. The minimum absolute atomic E-state index is 0.0396. The molecule has 0 fully saturated rings. The maximum atomic E-state index is 10.8. The van der Waals surface area contributed by atoms with Gasteiger partial charge in [0.1, 0.15) is 14.4 Å². The predicted molar refractivity (Wildman–Crippen MR) is 88.5 cm³/mol. The van der Waals surface area contributed by atoms with Gasteiger partial charge in [0, 0.05) is 12.8 Å². The molecule has 0 rings (SSSR count). The van der Waals surface area contributed by atoms with Gasteiger partial charge < -0.3 is 9.22 Å². The smallest absolute Gasteiger partial charge is 0.192 e. The molecule has 0 heterocycles. The summed E-state index contributed by atoms with van der Waals surface area (Å²) in [7, 11) is -3.15. The van der Waals surface area contributed by atoms with Crippen molar-refractivity contribution in [3.8, 4) is 11.5 Å². The SMILES string of the molecule is CC(C)(C)[Si](C)(C)O[C@H](CC#C[Si](C)(C)C)CC=O. The molecular weight excluding hydrogens is 268 g/mol. The van der Waals surface area contributed by atoms with Gasteiger partial charge in [-0.3, -0.25) is 0 Å². The number of hydrogen-bond donors (Lipinski definition) is 0. The fourth-order valence-electron chi connectivity index (χ4n) is 1.30. The fraction of sp³-hybridized carbons (Fsp3) is 0.800. The molecular formula is C15H30O2Si2. The van der Waals surface area contributed by atoms with Gasteiger partial charge in [-0.25, -0.2) is 0 Å². The van der Waals surface area contributed by atoms with Crippen molar-refractivity contribution >= 4 is 22.7 Å². The zero-order chi connectivity index (χ0) is 15.3. The number of carbonyl (C=O) groups is 1. The third kappa shape index (κ3) is 7.71. The lowest BCUT2D eigenvalue weighted by Crippen LogP contribution is -2.44. The Bertz CT molecular complexity index is 351. The summed E-state index contributed by atoms with van der Waals surface area (Å²) >= 11 is 0. The highest BCUT2D eigenvalue weighted by molar-refractivity contribution is 6.83. The van der Waals surface area contributed by atoms with Gasteiger partial charge >= 0.3 is 0 Å². The quantitative estimate of drug-likeness (QED) is 0.431. The predicted octanol–water partition coefficient (Wildman–Crippen LogP) is 4.24. The van der Waals surface area contributed by atoms with Gasteiger partial charge in [0.05, 0.1) is 6.10 Å². The molecule has 0 bridgehead atoms. The molecule has 0 N–H and O–H groups in total. The normalized spacial score (nSPS) is 14.5. The van der Waals surface area contributed by atoms with Gasteiger partial charge in [-0.2, -0.15) is 0 Å². The van der Waals surface area contributed by atoms with E-state index in [0.29, 0.717) is 12.8 Å². The molecule has 0 spiro atoms. The highest BCUT2D eigenvalue weighted by atomic mass is 28.4. The number of hydrogen-bond acceptors (Lipinski definition) is 2. The topological polar surface area (TPSA) is 26.3 Å². The molecule has 0 unspecified atom stereocenters. The second-order valence-electron chi connectivity index (χ2n) is 7.66. The molecule has 0 saturated carbocycles. The second-order valence-corrected chi connectivity index (χ2v) is 17.2. The van der Waals surface area contributed by atoms with E-state index >= 15 is 0 Å². The molecule has 0 aromatic carbocycles. The highest BCUT2D eigenvalue weighted by Crippen LogP contribution is 2.37. The molecule has 1 atom stereocenters. The third-order valence-corrected chi connectivity index (χ3v) is 8.88. The lowest BCUT2D eigenvalue weighted by atomic mass is 10.2. The molecule has 0 aliphatic heterocycles. The molecule has 2 nitrogen and oxygen atoms in total. The van der Waals surface area contributed by atoms with Gasteiger partial charge in [-0.15, -0.1) is 11.5 Å². The third-order valence-electron chi connectivity index (χ3n) is 3.42. The Hall–Kier alpha value is -0.376. The minimum atomic E-state index is -1.82. The number of carbonyl (C=O) groups excluding carboxylic acids is 1. The molecule has 19 heavy (non-hydrogen) atoms. The van der Waals surface area contributed by atoms with Gasteiger partial charge in [-0.1, -0.05) is 40.4 Å². The summed E-state index contributed by atoms with van der Waals surface area (Å²) in [6.45, 7) is 17.8. The number of aldehydes is 1. The molecule has 110 valence electrons. The second kappa shape index (κ2) is 6.87. The van der Waals surface area contributed by atoms with E-state index in [9.17, 15) is 4.79 Å². The summed E-state index contributed by atoms with van der Waals surface area (Å²) in [4.78, 5) is 10.8. The average Bonchev–Trinajstić information content (AvgIpc) is 2.13. The summed E-state index contributed by atoms with van der Waals surface area (Å²) in [5.41, 5.74) is 3.34. The van der Waals surface area contributed by atoms with Crippen LogP contribution in [0.2, 0.25) is 37.8 Å². The average molecular weight is 299 g/mol. The van der Waals surface area contributed by atoms with E-state index in [0.717, 1.165) is 6.29 Å². The Balaban J connectivity index is 4.75. The van der Waals surface area contributed by atoms with E-state index in [4.69, 9.17) is 4.43 Å². The Kier molecular flexibility index (Phi) is 6.73. The Morgan fingerprint density at radius 2 is 1.68 bits per heavy atom. The molecule has 0 aromatic heterocycles. The molecule has 0 aromatic rings. The summed E-state index contributed by atoms with van der Waals surface area (Å²) in [6.07, 6.45) is 2.04. The Morgan fingerprint density at radius 3 is 2.05 bits per heavy atom. The standard InChI is InChI=1S/C15H30O2Si2/c1-15(2,3)19(7,8)17-14(11-12-16)10-9-13-18(4,5)6/h12,14H,10-11H2,1-8H3/t14-/m1/s1. The van der Waals surface area contributed by atoms with Crippen LogP contribution >= 0.6 is 0 Å². The summed E-state index contributed by atoms with van der Waals surface area (Å²) in [5.74, 6) is 3.23. The van der Waals surface area contributed by atoms with Crippen molar-refractivity contribution in [2.24, 2.45) is 0 Å². The molecule has 0 amide bonds. The Morgan fingerprint density at radius 1 is 1.16 bits per heavy atom. The lowest BCUT2D eigenvalue weighted by molar-refractivity contribution is -0.109. The van der Waals surface area contributed by atoms with E-state index in [1.165, 1.54) is 0 Å². The number of rotatable bonds is 5. The molecule has 0 saturated heterocycles. The highest BCUT2D eigenvalue weighted by Gasteiger charge is 2.38. The van der Waals surface area contributed by atoms with Crippen LogP contribution in [-0.4, -0.2) is 28.8 Å². The fourth-order valence-corrected chi connectivity index (χ4v) is 3.30. The van der Waals surface area contributed by atoms with Crippen LogP contribution in [0.1, 0.15) is 33.6 Å². The van der Waals surface area contributed by atoms with E-state index in [2.05, 4.69) is 65.0 Å². The van der Waals surface area contributed by atoms with Crippen molar-refractivity contribution in [3.05, 3.63) is 0 Å². The van der Waals surface area contributed by atoms with Crippen LogP contribution in [0.4, 0.5) is 0 Å². The van der Waals surface area contributed by atoms with E-state index in [1.807, 2.05) is 0 Å². The van der Waals surface area contributed by atoms with Crippen molar-refractivity contribution in [1.82, 2.24) is 0 Å². The van der Waals surface area contributed by atoms with Crippen molar-refractivity contribution in [1.29, 1.82) is 0 Å².